The number of carbonyl (C=O) groups is 2. The van der Waals surface area contributed by atoms with Crippen molar-refractivity contribution in [1.29, 1.82) is 0 Å². The number of hydrogen-bond acceptors (Lipinski definition) is 5. The smallest absolute Gasteiger partial charge is 0.293 e. The molecule has 3 aromatic carbocycles. The molecule has 0 radical (unpaired) electrons. The van der Waals surface area contributed by atoms with E-state index < -0.39 is 17.9 Å². The molecule has 1 atom stereocenters. The number of furan rings is 1. The van der Waals surface area contributed by atoms with Crippen molar-refractivity contribution in [1.82, 2.24) is 0 Å². The predicted molar refractivity (Wildman–Crippen MR) is 122 cm³/mol. The zero-order valence-electron chi connectivity index (χ0n) is 17.6. The summed E-state index contributed by atoms with van der Waals surface area (Å²) < 4.78 is 16.6. The fourth-order valence-electron chi connectivity index (χ4n) is 3.17. The van der Waals surface area contributed by atoms with E-state index in [1.54, 1.807) is 68.6 Å². The van der Waals surface area contributed by atoms with Crippen LogP contribution in [0.4, 0.5) is 11.4 Å². The van der Waals surface area contributed by atoms with E-state index in [1.807, 2.05) is 24.3 Å². The van der Waals surface area contributed by atoms with Crippen LogP contribution in [0.5, 0.6) is 11.5 Å². The predicted octanol–water partition coefficient (Wildman–Crippen LogP) is 5.10. The normalized spacial score (nSPS) is 11.6. The number of carbonyl (C=O) groups excluding carboxylic acids is 2. The van der Waals surface area contributed by atoms with Gasteiger partial charge in [-0.1, -0.05) is 30.3 Å². The molecule has 0 bridgehead atoms. The number of hydrogen-bond donors (Lipinski definition) is 2. The lowest BCUT2D eigenvalue weighted by atomic mass is 10.2. The van der Waals surface area contributed by atoms with Crippen LogP contribution < -0.4 is 20.1 Å². The number of para-hydroxylation sites is 2. The number of amides is 2. The topological polar surface area (TPSA) is 89.8 Å². The fourth-order valence-corrected chi connectivity index (χ4v) is 3.17. The molecule has 0 aliphatic heterocycles. The van der Waals surface area contributed by atoms with Crippen molar-refractivity contribution in [2.24, 2.45) is 0 Å². The highest BCUT2D eigenvalue weighted by Gasteiger charge is 2.25. The molecule has 32 heavy (non-hydrogen) atoms. The Labute approximate surface area is 184 Å². The van der Waals surface area contributed by atoms with Crippen molar-refractivity contribution in [3.63, 3.8) is 0 Å². The molecule has 4 rings (SSSR count). The zero-order chi connectivity index (χ0) is 22.5. The first kappa shape index (κ1) is 21.0. The third-order valence-corrected chi connectivity index (χ3v) is 4.82. The molecule has 1 unspecified atom stereocenters. The molecule has 2 amide bonds. The van der Waals surface area contributed by atoms with E-state index in [0.29, 0.717) is 33.8 Å². The quantitative estimate of drug-likeness (QED) is 0.426. The van der Waals surface area contributed by atoms with Gasteiger partial charge in [0.05, 0.1) is 7.11 Å². The first-order chi connectivity index (χ1) is 15.5. The van der Waals surface area contributed by atoms with E-state index in [4.69, 9.17) is 13.9 Å². The van der Waals surface area contributed by atoms with Crippen molar-refractivity contribution in [2.45, 2.75) is 13.0 Å². The summed E-state index contributed by atoms with van der Waals surface area (Å²) in [6.07, 6.45) is -0.788. The van der Waals surface area contributed by atoms with Gasteiger partial charge in [-0.25, -0.2) is 0 Å². The lowest BCUT2D eigenvalue weighted by molar-refractivity contribution is -0.122. The van der Waals surface area contributed by atoms with Gasteiger partial charge in [-0.05, 0) is 55.5 Å². The molecule has 1 heterocycles. The highest BCUT2D eigenvalue weighted by molar-refractivity contribution is 6.15. The number of ether oxygens (including phenoxy) is 2. The highest BCUT2D eigenvalue weighted by Crippen LogP contribution is 2.32. The molecule has 0 spiro atoms. The number of rotatable bonds is 7. The van der Waals surface area contributed by atoms with Gasteiger partial charge in [0.25, 0.3) is 11.8 Å². The number of fused-ring (bicyclic) bond motifs is 1. The Bertz CT molecular complexity index is 1230. The summed E-state index contributed by atoms with van der Waals surface area (Å²) in [5, 5.41) is 6.20. The number of anilines is 2. The van der Waals surface area contributed by atoms with Crippen LogP contribution in [0.15, 0.2) is 83.3 Å². The van der Waals surface area contributed by atoms with E-state index in [-0.39, 0.29) is 5.76 Å². The van der Waals surface area contributed by atoms with Crippen molar-refractivity contribution in [3.8, 4) is 11.5 Å². The van der Waals surface area contributed by atoms with Crippen LogP contribution in [0.1, 0.15) is 17.5 Å². The molecule has 162 valence electrons. The van der Waals surface area contributed by atoms with Crippen LogP contribution in [-0.4, -0.2) is 25.0 Å². The monoisotopic (exact) mass is 430 g/mol. The highest BCUT2D eigenvalue weighted by atomic mass is 16.5. The molecule has 0 saturated heterocycles. The Morgan fingerprint density at radius 1 is 0.844 bits per heavy atom. The number of nitrogens with one attached hydrogen (secondary N) is 2. The third-order valence-electron chi connectivity index (χ3n) is 4.82. The Balaban J connectivity index is 1.58. The van der Waals surface area contributed by atoms with Crippen molar-refractivity contribution >= 4 is 34.2 Å². The molecule has 7 heteroatoms. The lowest BCUT2D eigenvalue weighted by Crippen LogP contribution is -2.30. The van der Waals surface area contributed by atoms with Gasteiger partial charge in [-0.3, -0.25) is 9.59 Å². The molecule has 0 aliphatic carbocycles. The van der Waals surface area contributed by atoms with Crippen molar-refractivity contribution < 1.29 is 23.5 Å². The molecular weight excluding hydrogens is 408 g/mol. The summed E-state index contributed by atoms with van der Waals surface area (Å²) in [5.41, 5.74) is 1.34. The van der Waals surface area contributed by atoms with Gasteiger partial charge >= 0.3 is 0 Å². The molecule has 0 fully saturated rings. The van der Waals surface area contributed by atoms with Crippen LogP contribution >= 0.6 is 0 Å². The maximum Gasteiger partial charge on any atom is 0.293 e. The number of benzene rings is 3. The Morgan fingerprint density at radius 2 is 1.53 bits per heavy atom. The molecule has 7 nitrogen and oxygen atoms in total. The van der Waals surface area contributed by atoms with Crippen LogP contribution in [-0.2, 0) is 4.79 Å². The molecule has 0 saturated carbocycles. The Morgan fingerprint density at radius 3 is 2.25 bits per heavy atom. The standard InChI is InChI=1S/C25H22N2O5/c1-16(31-19-8-4-3-5-9-19)24(28)27-22-20-10-6-7-11-21(20)32-23(22)25(29)26-17-12-14-18(30-2)15-13-17/h3-16H,1-2H3,(H,26,29)(H,27,28). The second kappa shape index (κ2) is 9.26. The van der Waals surface area contributed by atoms with Crippen molar-refractivity contribution in [3.05, 3.63) is 84.6 Å². The van der Waals surface area contributed by atoms with Gasteiger partial charge in [0.15, 0.2) is 6.10 Å². The van der Waals surface area contributed by atoms with E-state index in [9.17, 15) is 9.59 Å². The summed E-state index contributed by atoms with van der Waals surface area (Å²) >= 11 is 0. The SMILES string of the molecule is COc1ccc(NC(=O)c2oc3ccccc3c2NC(=O)C(C)Oc2ccccc2)cc1. The second-order valence-electron chi connectivity index (χ2n) is 7.05. The summed E-state index contributed by atoms with van der Waals surface area (Å²) in [6.45, 7) is 1.64. The van der Waals surface area contributed by atoms with Crippen LogP contribution in [0, 0.1) is 0 Å². The Kier molecular flexibility index (Phi) is 6.07. The Hall–Kier alpha value is -4.26. The minimum atomic E-state index is -0.788. The summed E-state index contributed by atoms with van der Waals surface area (Å²) in [4.78, 5) is 25.8. The lowest BCUT2D eigenvalue weighted by Gasteiger charge is -2.15. The van der Waals surface area contributed by atoms with Crippen LogP contribution in [0.25, 0.3) is 11.0 Å². The van der Waals surface area contributed by atoms with Gasteiger partial charge in [-0.2, -0.15) is 0 Å². The zero-order valence-corrected chi connectivity index (χ0v) is 17.6. The summed E-state index contributed by atoms with van der Waals surface area (Å²) in [5.74, 6) is 0.358. The second-order valence-corrected chi connectivity index (χ2v) is 7.05. The first-order valence-corrected chi connectivity index (χ1v) is 10.0. The largest absolute Gasteiger partial charge is 0.497 e. The van der Waals surface area contributed by atoms with E-state index in [0.717, 1.165) is 0 Å². The number of methoxy groups -OCH3 is 1. The van der Waals surface area contributed by atoms with Crippen molar-refractivity contribution in [2.75, 3.05) is 17.7 Å². The molecule has 1 aromatic heterocycles. The van der Waals surface area contributed by atoms with Gasteiger partial charge in [0.1, 0.15) is 22.8 Å². The molecular formula is C25H22N2O5. The first-order valence-electron chi connectivity index (χ1n) is 10.0. The third kappa shape index (κ3) is 4.57. The molecule has 0 aliphatic rings. The molecule has 4 aromatic rings. The fraction of sp³-hybridized carbons (Fsp3) is 0.120. The van der Waals surface area contributed by atoms with Gasteiger partial charge in [0, 0.05) is 11.1 Å². The van der Waals surface area contributed by atoms with Gasteiger partial charge in [-0.15, -0.1) is 0 Å². The summed E-state index contributed by atoms with van der Waals surface area (Å²) in [6, 6.07) is 23.1. The van der Waals surface area contributed by atoms with Gasteiger partial charge < -0.3 is 24.5 Å². The minimum Gasteiger partial charge on any atom is -0.497 e. The maximum absolute atomic E-state index is 13.0. The minimum absolute atomic E-state index is 0.00211. The average Bonchev–Trinajstić information content (AvgIpc) is 3.18. The average molecular weight is 430 g/mol. The summed E-state index contributed by atoms with van der Waals surface area (Å²) in [7, 11) is 1.57. The van der Waals surface area contributed by atoms with E-state index >= 15 is 0 Å². The van der Waals surface area contributed by atoms with Gasteiger partial charge in [0.2, 0.25) is 5.76 Å². The van der Waals surface area contributed by atoms with Crippen LogP contribution in [0.2, 0.25) is 0 Å². The maximum atomic E-state index is 13.0. The van der Waals surface area contributed by atoms with E-state index in [2.05, 4.69) is 10.6 Å². The van der Waals surface area contributed by atoms with Crippen LogP contribution in [0.3, 0.4) is 0 Å². The van der Waals surface area contributed by atoms with E-state index in [1.165, 1.54) is 0 Å². The molecule has 2 N–H and O–H groups in total.